The Kier molecular flexibility index (Phi) is 3.57. The summed E-state index contributed by atoms with van der Waals surface area (Å²) in [6.45, 7) is 2.27. The van der Waals surface area contributed by atoms with Crippen LogP contribution in [0.3, 0.4) is 0 Å². The topological polar surface area (TPSA) is 68.0 Å². The summed E-state index contributed by atoms with van der Waals surface area (Å²) in [5.74, 6) is -0.874. The quantitative estimate of drug-likeness (QED) is 0.835. The third-order valence-electron chi connectivity index (χ3n) is 2.27. The van der Waals surface area contributed by atoms with Crippen LogP contribution in [0.4, 0.5) is 10.1 Å². The van der Waals surface area contributed by atoms with E-state index < -0.39 is 5.82 Å². The maximum Gasteiger partial charge on any atom is 0.251 e. The average molecular weight is 265 g/mol. The summed E-state index contributed by atoms with van der Waals surface area (Å²) in [4.78, 5) is 16.8. The van der Waals surface area contributed by atoms with Gasteiger partial charge in [0.25, 0.3) is 5.91 Å². The van der Waals surface area contributed by atoms with Crippen LogP contribution in [0.25, 0.3) is 0 Å². The van der Waals surface area contributed by atoms with Crippen molar-refractivity contribution in [3.63, 3.8) is 0 Å². The molecule has 6 heteroatoms. The number of aryl methyl sites for hydroxylation is 1. The zero-order valence-corrected chi connectivity index (χ0v) is 10.6. The molecule has 1 heterocycles. The maximum absolute atomic E-state index is 13.1. The van der Waals surface area contributed by atoms with E-state index in [9.17, 15) is 9.18 Å². The van der Waals surface area contributed by atoms with Gasteiger partial charge in [0.15, 0.2) is 0 Å². The molecule has 2 rings (SSSR count). The number of carbonyl (C=O) groups excluding carboxylic acids is 1. The van der Waals surface area contributed by atoms with Crippen LogP contribution >= 0.6 is 11.3 Å². The minimum Gasteiger partial charge on any atom is -0.399 e. The Labute approximate surface area is 108 Å². The second-order valence-corrected chi connectivity index (χ2v) is 5.12. The molecule has 1 aromatic heterocycles. The normalized spacial score (nSPS) is 10.3. The predicted octanol–water partition coefficient (Wildman–Crippen LogP) is 2.10. The Bertz CT molecular complexity index is 562. The first-order chi connectivity index (χ1) is 8.54. The summed E-state index contributed by atoms with van der Waals surface area (Å²) in [5.41, 5.74) is 5.93. The van der Waals surface area contributed by atoms with E-state index in [4.69, 9.17) is 5.73 Å². The van der Waals surface area contributed by atoms with Crippen molar-refractivity contribution < 1.29 is 9.18 Å². The fourth-order valence-electron chi connectivity index (χ4n) is 1.50. The Hall–Kier alpha value is -1.95. The highest BCUT2D eigenvalue weighted by Crippen LogP contribution is 2.13. The largest absolute Gasteiger partial charge is 0.399 e. The Morgan fingerprint density at radius 2 is 2.28 bits per heavy atom. The molecular formula is C12H12FN3OS. The first-order valence-corrected chi connectivity index (χ1v) is 6.12. The van der Waals surface area contributed by atoms with E-state index in [1.54, 1.807) is 6.20 Å². The number of rotatable bonds is 3. The molecule has 94 valence electrons. The molecule has 2 aromatic rings. The second kappa shape index (κ2) is 5.14. The zero-order valence-electron chi connectivity index (χ0n) is 9.74. The van der Waals surface area contributed by atoms with Crippen LogP contribution in [-0.4, -0.2) is 10.9 Å². The highest BCUT2D eigenvalue weighted by atomic mass is 32.1. The number of anilines is 1. The predicted molar refractivity (Wildman–Crippen MR) is 68.8 cm³/mol. The minimum absolute atomic E-state index is 0.216. The van der Waals surface area contributed by atoms with Crippen molar-refractivity contribution in [1.82, 2.24) is 10.3 Å². The molecule has 0 radical (unpaired) electrons. The summed E-state index contributed by atoms with van der Waals surface area (Å²) in [7, 11) is 0. The van der Waals surface area contributed by atoms with Gasteiger partial charge in [-0.2, -0.15) is 0 Å². The summed E-state index contributed by atoms with van der Waals surface area (Å²) < 4.78 is 13.1. The molecule has 4 nitrogen and oxygen atoms in total. The summed E-state index contributed by atoms with van der Waals surface area (Å²) in [6, 6.07) is 3.77. The summed E-state index contributed by atoms with van der Waals surface area (Å²) in [6.07, 6.45) is 1.71. The third kappa shape index (κ3) is 3.04. The van der Waals surface area contributed by atoms with Crippen LogP contribution in [0.15, 0.2) is 24.4 Å². The van der Waals surface area contributed by atoms with Gasteiger partial charge in [-0.05, 0) is 25.1 Å². The van der Waals surface area contributed by atoms with E-state index in [0.717, 1.165) is 16.0 Å². The van der Waals surface area contributed by atoms with Gasteiger partial charge in [-0.3, -0.25) is 4.79 Å². The monoisotopic (exact) mass is 265 g/mol. The fraction of sp³-hybridized carbons (Fsp3) is 0.167. The molecule has 0 spiro atoms. The van der Waals surface area contributed by atoms with E-state index in [-0.39, 0.29) is 17.2 Å². The van der Waals surface area contributed by atoms with Crippen molar-refractivity contribution in [2.45, 2.75) is 13.5 Å². The molecule has 0 aliphatic carbocycles. The Balaban J connectivity index is 2.03. The number of nitrogen functional groups attached to an aromatic ring is 1. The molecule has 0 aliphatic rings. The van der Waals surface area contributed by atoms with Gasteiger partial charge in [-0.15, -0.1) is 11.3 Å². The Morgan fingerprint density at radius 3 is 2.89 bits per heavy atom. The van der Waals surface area contributed by atoms with Crippen LogP contribution < -0.4 is 11.1 Å². The van der Waals surface area contributed by atoms with Crippen LogP contribution in [0.1, 0.15) is 20.2 Å². The van der Waals surface area contributed by atoms with Gasteiger partial charge >= 0.3 is 0 Å². The van der Waals surface area contributed by atoms with E-state index in [2.05, 4.69) is 10.3 Å². The lowest BCUT2D eigenvalue weighted by molar-refractivity contribution is 0.0951. The number of nitrogens with two attached hydrogens (primary N) is 1. The molecule has 18 heavy (non-hydrogen) atoms. The van der Waals surface area contributed by atoms with E-state index >= 15 is 0 Å². The van der Waals surface area contributed by atoms with Crippen LogP contribution in [0.2, 0.25) is 0 Å². The molecule has 0 atom stereocenters. The lowest BCUT2D eigenvalue weighted by atomic mass is 10.2. The highest BCUT2D eigenvalue weighted by Gasteiger charge is 2.08. The van der Waals surface area contributed by atoms with E-state index in [1.165, 1.54) is 23.5 Å². The molecule has 0 saturated carbocycles. The van der Waals surface area contributed by atoms with Gasteiger partial charge in [0.1, 0.15) is 5.82 Å². The van der Waals surface area contributed by atoms with Crippen LogP contribution in [0, 0.1) is 12.7 Å². The van der Waals surface area contributed by atoms with Crippen LogP contribution in [-0.2, 0) is 6.54 Å². The number of nitrogens with zero attached hydrogens (tertiary/aromatic N) is 1. The maximum atomic E-state index is 13.1. The average Bonchev–Trinajstić information content (AvgIpc) is 2.70. The summed E-state index contributed by atoms with van der Waals surface area (Å²) in [5, 5.41) is 3.63. The Morgan fingerprint density at radius 1 is 1.50 bits per heavy atom. The number of carbonyl (C=O) groups is 1. The van der Waals surface area contributed by atoms with E-state index in [1.807, 2.05) is 6.92 Å². The number of halogens is 1. The molecular weight excluding hydrogens is 253 g/mol. The molecule has 1 amide bonds. The van der Waals surface area contributed by atoms with Crippen molar-refractivity contribution in [1.29, 1.82) is 0 Å². The van der Waals surface area contributed by atoms with Gasteiger partial charge in [-0.25, -0.2) is 9.37 Å². The van der Waals surface area contributed by atoms with E-state index in [0.29, 0.717) is 6.54 Å². The number of thiazole rings is 1. The van der Waals surface area contributed by atoms with Crippen molar-refractivity contribution in [2.24, 2.45) is 0 Å². The van der Waals surface area contributed by atoms with Gasteiger partial charge in [0.05, 0.1) is 11.6 Å². The minimum atomic E-state index is -0.520. The molecule has 3 N–H and O–H groups in total. The number of nitrogens with one attached hydrogen (secondary N) is 1. The highest BCUT2D eigenvalue weighted by molar-refractivity contribution is 7.11. The number of aromatic nitrogens is 1. The molecule has 0 saturated heterocycles. The van der Waals surface area contributed by atoms with Crippen molar-refractivity contribution in [3.8, 4) is 0 Å². The second-order valence-electron chi connectivity index (χ2n) is 3.80. The number of hydrogen-bond acceptors (Lipinski definition) is 4. The standard InChI is InChI=1S/C12H12FN3OS/c1-7-15-5-11(18-7)6-16-12(17)8-2-9(13)4-10(14)3-8/h2-5H,6,14H2,1H3,(H,16,17). The first-order valence-electron chi connectivity index (χ1n) is 5.30. The molecule has 0 unspecified atom stereocenters. The van der Waals surface area contributed by atoms with Crippen LogP contribution in [0.5, 0.6) is 0 Å². The number of benzene rings is 1. The number of amides is 1. The number of hydrogen-bond donors (Lipinski definition) is 2. The molecule has 0 fully saturated rings. The van der Waals surface area contributed by atoms with Crippen molar-refractivity contribution >= 4 is 22.9 Å². The van der Waals surface area contributed by atoms with Crippen molar-refractivity contribution in [3.05, 3.63) is 45.7 Å². The van der Waals surface area contributed by atoms with Gasteiger partial charge in [-0.1, -0.05) is 0 Å². The smallest absolute Gasteiger partial charge is 0.251 e. The fourth-order valence-corrected chi connectivity index (χ4v) is 2.23. The lowest BCUT2D eigenvalue weighted by Gasteiger charge is -2.04. The first kappa shape index (κ1) is 12.5. The lowest BCUT2D eigenvalue weighted by Crippen LogP contribution is -2.22. The molecule has 0 aliphatic heterocycles. The molecule has 1 aromatic carbocycles. The third-order valence-corrected chi connectivity index (χ3v) is 3.19. The van der Waals surface area contributed by atoms with Gasteiger partial charge < -0.3 is 11.1 Å². The molecule has 0 bridgehead atoms. The van der Waals surface area contributed by atoms with Gasteiger partial charge in [0, 0.05) is 22.3 Å². The zero-order chi connectivity index (χ0) is 13.1. The van der Waals surface area contributed by atoms with Crippen molar-refractivity contribution in [2.75, 3.05) is 5.73 Å². The van der Waals surface area contributed by atoms with Gasteiger partial charge in [0.2, 0.25) is 0 Å². The summed E-state index contributed by atoms with van der Waals surface area (Å²) >= 11 is 1.51. The SMILES string of the molecule is Cc1ncc(CNC(=O)c2cc(N)cc(F)c2)s1.